The van der Waals surface area contributed by atoms with Gasteiger partial charge in [0.15, 0.2) is 0 Å². The Hall–Kier alpha value is -0.590. The summed E-state index contributed by atoms with van der Waals surface area (Å²) >= 11 is 0. The van der Waals surface area contributed by atoms with Gasteiger partial charge in [-0.1, -0.05) is 13.8 Å². The van der Waals surface area contributed by atoms with Crippen LogP contribution in [0.25, 0.3) is 0 Å². The number of hydrogen-bond donors (Lipinski definition) is 1. The van der Waals surface area contributed by atoms with Crippen molar-refractivity contribution in [3.8, 4) is 6.07 Å². The second-order valence-electron chi connectivity index (χ2n) is 5.68. The van der Waals surface area contributed by atoms with E-state index in [1.165, 1.54) is 19.3 Å². The van der Waals surface area contributed by atoms with Gasteiger partial charge in [0.1, 0.15) is 5.54 Å². The first-order chi connectivity index (χ1) is 8.09. The molecule has 0 amide bonds. The van der Waals surface area contributed by atoms with Crippen LogP contribution in [0.5, 0.6) is 0 Å². The maximum Gasteiger partial charge on any atom is 0.116 e. The summed E-state index contributed by atoms with van der Waals surface area (Å²) in [4.78, 5) is 2.45. The SMILES string of the molecule is CCCNC(C)(C#N)CN1CCCC(C)CC1. The maximum absolute atomic E-state index is 9.33. The van der Waals surface area contributed by atoms with Crippen molar-refractivity contribution in [2.24, 2.45) is 5.92 Å². The van der Waals surface area contributed by atoms with Gasteiger partial charge in [-0.15, -0.1) is 0 Å². The molecular formula is C14H27N3. The predicted molar refractivity (Wildman–Crippen MR) is 71.8 cm³/mol. The summed E-state index contributed by atoms with van der Waals surface area (Å²) in [6.07, 6.45) is 4.96. The first-order valence-corrected chi connectivity index (χ1v) is 6.98. The van der Waals surface area contributed by atoms with E-state index >= 15 is 0 Å². The van der Waals surface area contributed by atoms with E-state index in [4.69, 9.17) is 0 Å². The lowest BCUT2D eigenvalue weighted by atomic mass is 10.0. The van der Waals surface area contributed by atoms with Crippen LogP contribution >= 0.6 is 0 Å². The van der Waals surface area contributed by atoms with E-state index in [0.717, 1.165) is 38.5 Å². The monoisotopic (exact) mass is 237 g/mol. The van der Waals surface area contributed by atoms with Crippen LogP contribution < -0.4 is 5.32 Å². The number of hydrogen-bond acceptors (Lipinski definition) is 3. The van der Waals surface area contributed by atoms with Crippen LogP contribution in [-0.4, -0.2) is 36.6 Å². The summed E-state index contributed by atoms with van der Waals surface area (Å²) in [5.74, 6) is 0.844. The molecule has 0 bridgehead atoms. The van der Waals surface area contributed by atoms with Crippen LogP contribution in [0.2, 0.25) is 0 Å². The van der Waals surface area contributed by atoms with Crippen molar-refractivity contribution in [1.29, 1.82) is 5.26 Å². The molecule has 98 valence electrons. The fourth-order valence-electron chi connectivity index (χ4n) is 2.46. The largest absolute Gasteiger partial charge is 0.300 e. The Bertz CT molecular complexity index is 259. The normalized spacial score (nSPS) is 25.9. The van der Waals surface area contributed by atoms with Gasteiger partial charge in [0.2, 0.25) is 0 Å². The molecule has 1 heterocycles. The second kappa shape index (κ2) is 6.98. The summed E-state index contributed by atoms with van der Waals surface area (Å²) in [5, 5.41) is 12.7. The van der Waals surface area contributed by atoms with Gasteiger partial charge >= 0.3 is 0 Å². The highest BCUT2D eigenvalue weighted by Gasteiger charge is 2.26. The van der Waals surface area contributed by atoms with Crippen molar-refractivity contribution >= 4 is 0 Å². The fourth-order valence-corrected chi connectivity index (χ4v) is 2.46. The van der Waals surface area contributed by atoms with Gasteiger partial charge in [0.05, 0.1) is 6.07 Å². The lowest BCUT2D eigenvalue weighted by Crippen LogP contribution is -2.50. The topological polar surface area (TPSA) is 39.1 Å². The maximum atomic E-state index is 9.33. The molecule has 1 rings (SSSR count). The van der Waals surface area contributed by atoms with Crippen LogP contribution in [0.1, 0.15) is 46.5 Å². The Kier molecular flexibility index (Phi) is 5.94. The zero-order valence-corrected chi connectivity index (χ0v) is 11.6. The van der Waals surface area contributed by atoms with Crippen LogP contribution in [0.3, 0.4) is 0 Å². The van der Waals surface area contributed by atoms with Crippen LogP contribution in [0.4, 0.5) is 0 Å². The molecule has 1 aliphatic heterocycles. The van der Waals surface area contributed by atoms with E-state index in [1.807, 2.05) is 6.92 Å². The van der Waals surface area contributed by atoms with Crippen molar-refractivity contribution in [3.63, 3.8) is 0 Å². The fraction of sp³-hybridized carbons (Fsp3) is 0.929. The smallest absolute Gasteiger partial charge is 0.116 e. The van der Waals surface area contributed by atoms with E-state index in [-0.39, 0.29) is 5.54 Å². The quantitative estimate of drug-likeness (QED) is 0.798. The molecular weight excluding hydrogens is 210 g/mol. The van der Waals surface area contributed by atoms with Crippen molar-refractivity contribution in [3.05, 3.63) is 0 Å². The van der Waals surface area contributed by atoms with Crippen LogP contribution in [0, 0.1) is 17.2 Å². The molecule has 0 saturated carbocycles. The summed E-state index contributed by atoms with van der Waals surface area (Å²) in [6.45, 7) is 10.6. The molecule has 2 atom stereocenters. The van der Waals surface area contributed by atoms with E-state index in [9.17, 15) is 5.26 Å². The summed E-state index contributed by atoms with van der Waals surface area (Å²) in [6, 6.07) is 2.44. The number of nitrogens with one attached hydrogen (secondary N) is 1. The first-order valence-electron chi connectivity index (χ1n) is 6.98. The van der Waals surface area contributed by atoms with Gasteiger partial charge in [-0.3, -0.25) is 5.32 Å². The molecule has 1 fully saturated rings. The predicted octanol–water partition coefficient (Wildman–Crippen LogP) is 2.39. The number of likely N-dealkylation sites (tertiary alicyclic amines) is 1. The van der Waals surface area contributed by atoms with Gasteiger partial charge in [0.25, 0.3) is 0 Å². The molecule has 1 N–H and O–H groups in total. The van der Waals surface area contributed by atoms with Crippen molar-refractivity contribution < 1.29 is 0 Å². The van der Waals surface area contributed by atoms with E-state index in [1.54, 1.807) is 0 Å². The lowest BCUT2D eigenvalue weighted by Gasteiger charge is -2.30. The Labute approximate surface area is 106 Å². The number of nitriles is 1. The third-order valence-electron chi connectivity index (χ3n) is 3.66. The molecule has 0 aliphatic carbocycles. The number of rotatable bonds is 5. The van der Waals surface area contributed by atoms with Gasteiger partial charge in [-0.05, 0) is 58.2 Å². The Morgan fingerprint density at radius 1 is 1.41 bits per heavy atom. The third kappa shape index (κ3) is 5.06. The minimum Gasteiger partial charge on any atom is -0.300 e. The van der Waals surface area contributed by atoms with Crippen LogP contribution in [-0.2, 0) is 0 Å². The zero-order valence-electron chi connectivity index (χ0n) is 11.6. The molecule has 0 aromatic carbocycles. The highest BCUT2D eigenvalue weighted by Crippen LogP contribution is 2.18. The molecule has 3 heteroatoms. The van der Waals surface area contributed by atoms with Gasteiger partial charge in [-0.2, -0.15) is 5.26 Å². The average molecular weight is 237 g/mol. The van der Waals surface area contributed by atoms with Gasteiger partial charge in [0, 0.05) is 6.54 Å². The summed E-state index contributed by atoms with van der Waals surface area (Å²) in [7, 11) is 0. The Balaban J connectivity index is 2.47. The minimum atomic E-state index is -0.385. The standard InChI is InChI=1S/C14H27N3/c1-4-8-16-14(3,11-15)12-17-9-5-6-13(2)7-10-17/h13,16H,4-10,12H2,1-3H3. The first kappa shape index (κ1) is 14.5. The molecule has 2 unspecified atom stereocenters. The van der Waals surface area contributed by atoms with E-state index < -0.39 is 0 Å². The average Bonchev–Trinajstić information content (AvgIpc) is 2.52. The molecule has 17 heavy (non-hydrogen) atoms. The van der Waals surface area contributed by atoms with Gasteiger partial charge in [-0.25, -0.2) is 0 Å². The van der Waals surface area contributed by atoms with E-state index in [2.05, 4.69) is 30.1 Å². The minimum absolute atomic E-state index is 0.385. The molecule has 0 radical (unpaired) electrons. The zero-order chi connectivity index (χ0) is 12.7. The van der Waals surface area contributed by atoms with E-state index in [0.29, 0.717) is 0 Å². The molecule has 3 nitrogen and oxygen atoms in total. The van der Waals surface area contributed by atoms with Crippen molar-refractivity contribution in [2.75, 3.05) is 26.2 Å². The third-order valence-corrected chi connectivity index (χ3v) is 3.66. The highest BCUT2D eigenvalue weighted by atomic mass is 15.2. The van der Waals surface area contributed by atoms with Crippen LogP contribution in [0.15, 0.2) is 0 Å². The Morgan fingerprint density at radius 3 is 2.82 bits per heavy atom. The molecule has 1 saturated heterocycles. The van der Waals surface area contributed by atoms with Crippen molar-refractivity contribution in [1.82, 2.24) is 10.2 Å². The molecule has 0 aromatic heterocycles. The molecule has 0 aromatic rings. The highest BCUT2D eigenvalue weighted by molar-refractivity contribution is 5.05. The summed E-state index contributed by atoms with van der Waals surface area (Å²) < 4.78 is 0. The molecule has 0 spiro atoms. The number of nitrogens with zero attached hydrogens (tertiary/aromatic N) is 2. The Morgan fingerprint density at radius 2 is 2.18 bits per heavy atom. The summed E-state index contributed by atoms with van der Waals surface area (Å²) in [5.41, 5.74) is -0.385. The van der Waals surface area contributed by atoms with Gasteiger partial charge < -0.3 is 4.90 Å². The van der Waals surface area contributed by atoms with Crippen molar-refractivity contribution in [2.45, 2.75) is 52.0 Å². The second-order valence-corrected chi connectivity index (χ2v) is 5.68. The molecule has 1 aliphatic rings. The lowest BCUT2D eigenvalue weighted by molar-refractivity contribution is 0.225.